The Hall–Kier alpha value is -2.90. The molecule has 0 spiro atoms. The summed E-state index contributed by atoms with van der Waals surface area (Å²) >= 11 is 5.77. The van der Waals surface area contributed by atoms with Gasteiger partial charge in [0.2, 0.25) is 5.91 Å². The minimum Gasteiger partial charge on any atom is -0.378 e. The summed E-state index contributed by atoms with van der Waals surface area (Å²) in [5.41, 5.74) is 3.23. The molecule has 3 aromatic rings. The van der Waals surface area contributed by atoms with Crippen molar-refractivity contribution in [1.29, 1.82) is 0 Å². The van der Waals surface area contributed by atoms with Crippen LogP contribution >= 0.6 is 11.6 Å². The number of halogens is 2. The van der Waals surface area contributed by atoms with Crippen LogP contribution in [0.4, 0.5) is 15.9 Å². The highest BCUT2D eigenvalue weighted by molar-refractivity contribution is 6.30. The molecule has 0 unspecified atom stereocenters. The summed E-state index contributed by atoms with van der Waals surface area (Å²) in [6.07, 6.45) is 1.87. The van der Waals surface area contributed by atoms with Gasteiger partial charge in [-0.3, -0.25) is 9.48 Å². The Labute approximate surface area is 179 Å². The van der Waals surface area contributed by atoms with Gasteiger partial charge in [-0.1, -0.05) is 35.9 Å². The number of carbonyl (C=O) groups excluding carboxylic acids is 1. The number of morpholine rings is 1. The molecule has 1 amide bonds. The number of anilines is 2. The molecule has 30 heavy (non-hydrogen) atoms. The molecule has 2 heterocycles. The van der Waals surface area contributed by atoms with Gasteiger partial charge in [-0.05, 0) is 36.2 Å². The summed E-state index contributed by atoms with van der Waals surface area (Å²) in [6, 6.07) is 12.2. The largest absolute Gasteiger partial charge is 0.378 e. The van der Waals surface area contributed by atoms with Crippen LogP contribution in [0.5, 0.6) is 0 Å². The fraction of sp³-hybridized carbons (Fsp3) is 0.273. The van der Waals surface area contributed by atoms with E-state index in [1.54, 1.807) is 4.68 Å². The number of amides is 1. The summed E-state index contributed by atoms with van der Waals surface area (Å²) in [6.45, 7) is 4.75. The maximum atomic E-state index is 14.0. The number of nitrogens with one attached hydrogen (secondary N) is 1. The van der Waals surface area contributed by atoms with Gasteiger partial charge in [-0.2, -0.15) is 5.10 Å². The van der Waals surface area contributed by atoms with Gasteiger partial charge in [0.1, 0.15) is 12.4 Å². The molecule has 0 aliphatic carbocycles. The van der Waals surface area contributed by atoms with E-state index in [1.165, 1.54) is 12.1 Å². The van der Waals surface area contributed by atoms with E-state index in [9.17, 15) is 9.18 Å². The quantitative estimate of drug-likeness (QED) is 0.664. The Balaban J connectivity index is 1.60. The Morgan fingerprint density at radius 1 is 1.20 bits per heavy atom. The fourth-order valence-electron chi connectivity index (χ4n) is 3.49. The van der Waals surface area contributed by atoms with Gasteiger partial charge in [-0.15, -0.1) is 0 Å². The van der Waals surface area contributed by atoms with Crippen LogP contribution in [-0.2, 0) is 16.1 Å². The number of ether oxygens (including phenoxy) is 1. The van der Waals surface area contributed by atoms with Crippen molar-refractivity contribution >= 4 is 29.0 Å². The van der Waals surface area contributed by atoms with Crippen LogP contribution < -0.4 is 10.2 Å². The molecule has 2 aromatic carbocycles. The summed E-state index contributed by atoms with van der Waals surface area (Å²) in [5, 5.41) is 7.53. The SMILES string of the molecule is Cc1ccccc1-c1cn(CC(=O)Nc2ccc(Cl)cc2F)nc1N1CCOCC1. The lowest BCUT2D eigenvalue weighted by Crippen LogP contribution is -2.37. The van der Waals surface area contributed by atoms with Crippen LogP contribution in [0, 0.1) is 12.7 Å². The lowest BCUT2D eigenvalue weighted by atomic mass is 10.0. The van der Waals surface area contributed by atoms with Gasteiger partial charge < -0.3 is 15.0 Å². The Kier molecular flexibility index (Phi) is 6.01. The molecule has 1 saturated heterocycles. The number of hydrogen-bond acceptors (Lipinski definition) is 4. The zero-order chi connectivity index (χ0) is 21.1. The fourth-order valence-corrected chi connectivity index (χ4v) is 3.65. The molecule has 0 saturated carbocycles. The van der Waals surface area contributed by atoms with E-state index in [4.69, 9.17) is 16.3 Å². The number of aromatic nitrogens is 2. The third-order valence-corrected chi connectivity index (χ3v) is 5.23. The predicted octanol–water partition coefficient (Wildman–Crippen LogP) is 4.13. The van der Waals surface area contributed by atoms with Crippen LogP contribution in [-0.4, -0.2) is 42.0 Å². The van der Waals surface area contributed by atoms with Crippen molar-refractivity contribution in [2.75, 3.05) is 36.5 Å². The number of aryl methyl sites for hydroxylation is 1. The molecule has 6 nitrogen and oxygen atoms in total. The summed E-state index contributed by atoms with van der Waals surface area (Å²) in [4.78, 5) is 14.7. The van der Waals surface area contributed by atoms with E-state index in [2.05, 4.69) is 15.3 Å². The van der Waals surface area contributed by atoms with Gasteiger partial charge in [0.25, 0.3) is 0 Å². The molecule has 0 bridgehead atoms. The lowest BCUT2D eigenvalue weighted by molar-refractivity contribution is -0.116. The third kappa shape index (κ3) is 4.47. The first-order valence-electron chi connectivity index (χ1n) is 9.72. The first kappa shape index (κ1) is 20.4. The van der Waals surface area contributed by atoms with E-state index < -0.39 is 5.82 Å². The average molecular weight is 429 g/mol. The smallest absolute Gasteiger partial charge is 0.246 e. The van der Waals surface area contributed by atoms with Gasteiger partial charge in [0.15, 0.2) is 5.82 Å². The molecule has 1 N–H and O–H groups in total. The number of nitrogens with zero attached hydrogens (tertiary/aromatic N) is 3. The van der Waals surface area contributed by atoms with Crippen LogP contribution in [0.2, 0.25) is 5.02 Å². The molecule has 1 aromatic heterocycles. The molecular formula is C22H22ClFN4O2. The number of rotatable bonds is 5. The molecule has 8 heteroatoms. The van der Waals surface area contributed by atoms with E-state index in [-0.39, 0.29) is 23.2 Å². The molecule has 1 aliphatic rings. The van der Waals surface area contributed by atoms with Crippen molar-refractivity contribution < 1.29 is 13.9 Å². The van der Waals surface area contributed by atoms with E-state index in [0.717, 1.165) is 41.7 Å². The van der Waals surface area contributed by atoms with Crippen molar-refractivity contribution in [3.05, 3.63) is 65.1 Å². The van der Waals surface area contributed by atoms with Crippen LogP contribution in [0.15, 0.2) is 48.7 Å². The Morgan fingerprint density at radius 3 is 2.70 bits per heavy atom. The minimum atomic E-state index is -0.578. The van der Waals surface area contributed by atoms with Crippen molar-refractivity contribution in [3.8, 4) is 11.1 Å². The molecule has 0 atom stereocenters. The van der Waals surface area contributed by atoms with E-state index in [0.29, 0.717) is 13.2 Å². The van der Waals surface area contributed by atoms with Gasteiger partial charge >= 0.3 is 0 Å². The minimum absolute atomic E-state index is 0.0364. The first-order valence-corrected chi connectivity index (χ1v) is 10.1. The topological polar surface area (TPSA) is 59.4 Å². The zero-order valence-electron chi connectivity index (χ0n) is 16.6. The molecule has 156 valence electrons. The van der Waals surface area contributed by atoms with Gasteiger partial charge in [-0.25, -0.2) is 4.39 Å². The Morgan fingerprint density at radius 2 is 1.97 bits per heavy atom. The van der Waals surface area contributed by atoms with Gasteiger partial charge in [0, 0.05) is 29.9 Å². The van der Waals surface area contributed by atoms with Crippen LogP contribution in [0.25, 0.3) is 11.1 Å². The maximum Gasteiger partial charge on any atom is 0.246 e. The average Bonchev–Trinajstić information content (AvgIpc) is 3.14. The summed E-state index contributed by atoms with van der Waals surface area (Å²) in [5.74, 6) is -0.132. The standard InChI is InChI=1S/C22H22ClFN4O2/c1-15-4-2-3-5-17(15)18-13-28(26-22(18)27-8-10-30-11-9-27)14-21(29)25-20-7-6-16(23)12-19(20)24/h2-7,12-13H,8-11,14H2,1H3,(H,25,29). The van der Waals surface area contributed by atoms with Crippen molar-refractivity contribution in [1.82, 2.24) is 9.78 Å². The highest BCUT2D eigenvalue weighted by atomic mass is 35.5. The summed E-state index contributed by atoms with van der Waals surface area (Å²) < 4.78 is 21.0. The number of carbonyl (C=O) groups is 1. The van der Waals surface area contributed by atoms with E-state index >= 15 is 0 Å². The second-order valence-corrected chi connectivity index (χ2v) is 7.59. The maximum absolute atomic E-state index is 14.0. The predicted molar refractivity (Wildman–Crippen MR) is 115 cm³/mol. The summed E-state index contributed by atoms with van der Waals surface area (Å²) in [7, 11) is 0. The van der Waals surface area contributed by atoms with Crippen molar-refractivity contribution in [3.63, 3.8) is 0 Å². The lowest BCUT2D eigenvalue weighted by Gasteiger charge is -2.27. The van der Waals surface area contributed by atoms with Crippen LogP contribution in [0.1, 0.15) is 5.56 Å². The molecular weight excluding hydrogens is 407 g/mol. The second-order valence-electron chi connectivity index (χ2n) is 7.15. The van der Waals surface area contributed by atoms with Gasteiger partial charge in [0.05, 0.1) is 18.9 Å². The van der Waals surface area contributed by atoms with Crippen molar-refractivity contribution in [2.24, 2.45) is 0 Å². The number of benzene rings is 2. The highest BCUT2D eigenvalue weighted by Crippen LogP contribution is 2.32. The molecule has 1 aliphatic heterocycles. The monoisotopic (exact) mass is 428 g/mol. The van der Waals surface area contributed by atoms with Crippen molar-refractivity contribution in [2.45, 2.75) is 13.5 Å². The molecule has 1 fully saturated rings. The molecule has 4 rings (SSSR count). The number of hydrogen-bond donors (Lipinski definition) is 1. The first-order chi connectivity index (χ1) is 14.5. The zero-order valence-corrected chi connectivity index (χ0v) is 17.3. The Bertz CT molecular complexity index is 1060. The van der Waals surface area contributed by atoms with Crippen LogP contribution in [0.3, 0.4) is 0 Å². The second kappa shape index (κ2) is 8.85. The third-order valence-electron chi connectivity index (χ3n) is 5.00. The highest BCUT2D eigenvalue weighted by Gasteiger charge is 2.21. The molecule has 0 radical (unpaired) electrons. The normalized spacial score (nSPS) is 14.0. The van der Waals surface area contributed by atoms with E-state index in [1.807, 2.05) is 37.4 Å².